The van der Waals surface area contributed by atoms with E-state index in [1.54, 1.807) is 11.9 Å². The molecule has 0 aliphatic rings. The van der Waals surface area contributed by atoms with Crippen molar-refractivity contribution in [2.45, 2.75) is 37.5 Å². The standard InChI is InChI=1S/C18H21N3OS/c1-12-7-5-8-15-13(2)11-16(20-17(12)15)23-14(3)18(22)21(4)10-6-9-19/h5,7-8,11,14H,6,10H2,1-4H3/t14-/m0/s1. The second-order valence-electron chi connectivity index (χ2n) is 5.68. The van der Waals surface area contributed by atoms with Gasteiger partial charge in [-0.15, -0.1) is 0 Å². The van der Waals surface area contributed by atoms with Crippen LogP contribution in [0.5, 0.6) is 0 Å². The molecule has 0 aliphatic heterocycles. The van der Waals surface area contributed by atoms with Crippen LogP contribution in [0.2, 0.25) is 0 Å². The Morgan fingerprint density at radius 1 is 1.39 bits per heavy atom. The van der Waals surface area contributed by atoms with E-state index in [0.29, 0.717) is 13.0 Å². The number of aromatic nitrogens is 1. The van der Waals surface area contributed by atoms with Crippen LogP contribution in [-0.2, 0) is 4.79 Å². The number of rotatable bonds is 5. The third-order valence-corrected chi connectivity index (χ3v) is 4.81. The quantitative estimate of drug-likeness (QED) is 0.786. The molecule has 23 heavy (non-hydrogen) atoms. The Balaban J connectivity index is 2.20. The zero-order valence-corrected chi connectivity index (χ0v) is 14.8. The van der Waals surface area contributed by atoms with E-state index in [0.717, 1.165) is 21.5 Å². The smallest absolute Gasteiger partial charge is 0.235 e. The normalized spacial score (nSPS) is 12.0. The van der Waals surface area contributed by atoms with Gasteiger partial charge in [0.25, 0.3) is 0 Å². The van der Waals surface area contributed by atoms with Crippen LogP contribution in [0.3, 0.4) is 0 Å². The Morgan fingerprint density at radius 2 is 2.13 bits per heavy atom. The average molecular weight is 327 g/mol. The second kappa shape index (κ2) is 7.47. The molecule has 1 heterocycles. The van der Waals surface area contributed by atoms with Crippen LogP contribution in [0.1, 0.15) is 24.5 Å². The van der Waals surface area contributed by atoms with Crippen molar-refractivity contribution < 1.29 is 4.79 Å². The van der Waals surface area contributed by atoms with Gasteiger partial charge in [-0.3, -0.25) is 4.79 Å². The molecule has 5 heteroatoms. The molecule has 0 spiro atoms. The van der Waals surface area contributed by atoms with Crippen LogP contribution in [0.4, 0.5) is 0 Å². The van der Waals surface area contributed by atoms with Gasteiger partial charge in [-0.1, -0.05) is 30.0 Å². The maximum absolute atomic E-state index is 12.3. The van der Waals surface area contributed by atoms with Crippen molar-refractivity contribution in [1.29, 1.82) is 5.26 Å². The molecule has 1 amide bonds. The maximum Gasteiger partial charge on any atom is 0.235 e. The number of carbonyl (C=O) groups is 1. The van der Waals surface area contributed by atoms with Gasteiger partial charge < -0.3 is 4.90 Å². The fraction of sp³-hybridized carbons (Fsp3) is 0.389. The van der Waals surface area contributed by atoms with Crippen LogP contribution in [0.15, 0.2) is 29.3 Å². The third-order valence-electron chi connectivity index (χ3n) is 3.81. The van der Waals surface area contributed by atoms with Crippen molar-refractivity contribution in [1.82, 2.24) is 9.88 Å². The van der Waals surface area contributed by atoms with Gasteiger partial charge in [-0.25, -0.2) is 4.98 Å². The van der Waals surface area contributed by atoms with Gasteiger partial charge in [0.1, 0.15) is 0 Å². The topological polar surface area (TPSA) is 57.0 Å². The Hall–Kier alpha value is -2.06. The van der Waals surface area contributed by atoms with Crippen molar-refractivity contribution >= 4 is 28.6 Å². The van der Waals surface area contributed by atoms with Gasteiger partial charge in [-0.2, -0.15) is 5.26 Å². The molecular formula is C18H21N3OS. The molecule has 2 rings (SSSR count). The summed E-state index contributed by atoms with van der Waals surface area (Å²) in [7, 11) is 1.74. The highest BCUT2D eigenvalue weighted by Gasteiger charge is 2.19. The lowest BCUT2D eigenvalue weighted by Crippen LogP contribution is -2.33. The number of para-hydroxylation sites is 1. The highest BCUT2D eigenvalue weighted by atomic mass is 32.2. The number of hydrogen-bond acceptors (Lipinski definition) is 4. The van der Waals surface area contributed by atoms with Crippen LogP contribution < -0.4 is 0 Å². The molecule has 0 fully saturated rings. The number of carbonyl (C=O) groups excluding carboxylic acids is 1. The largest absolute Gasteiger partial charge is 0.344 e. The summed E-state index contributed by atoms with van der Waals surface area (Å²) < 4.78 is 0. The van der Waals surface area contributed by atoms with Crippen molar-refractivity contribution in [3.8, 4) is 6.07 Å². The molecule has 1 aromatic heterocycles. The Bertz CT molecular complexity index is 767. The zero-order valence-electron chi connectivity index (χ0n) is 14.0. The van der Waals surface area contributed by atoms with E-state index in [-0.39, 0.29) is 11.2 Å². The van der Waals surface area contributed by atoms with Crippen molar-refractivity contribution in [3.05, 3.63) is 35.4 Å². The van der Waals surface area contributed by atoms with E-state index in [9.17, 15) is 4.79 Å². The van der Waals surface area contributed by atoms with E-state index >= 15 is 0 Å². The monoisotopic (exact) mass is 327 g/mol. The van der Waals surface area contributed by atoms with Gasteiger partial charge in [0, 0.05) is 19.0 Å². The molecule has 1 atom stereocenters. The van der Waals surface area contributed by atoms with E-state index in [4.69, 9.17) is 10.2 Å². The van der Waals surface area contributed by atoms with Crippen LogP contribution in [-0.4, -0.2) is 34.6 Å². The number of aryl methyl sites for hydroxylation is 2. The minimum Gasteiger partial charge on any atom is -0.344 e. The highest BCUT2D eigenvalue weighted by Crippen LogP contribution is 2.28. The van der Waals surface area contributed by atoms with Crippen molar-refractivity contribution in [3.63, 3.8) is 0 Å². The predicted molar refractivity (Wildman–Crippen MR) is 94.4 cm³/mol. The summed E-state index contributed by atoms with van der Waals surface area (Å²) in [5.41, 5.74) is 3.30. The average Bonchev–Trinajstić information content (AvgIpc) is 2.53. The number of hydrogen-bond donors (Lipinski definition) is 0. The summed E-state index contributed by atoms with van der Waals surface area (Å²) in [4.78, 5) is 18.7. The number of benzene rings is 1. The van der Waals surface area contributed by atoms with Gasteiger partial charge in [0.2, 0.25) is 5.91 Å². The van der Waals surface area contributed by atoms with E-state index in [1.807, 2.05) is 32.0 Å². The summed E-state index contributed by atoms with van der Waals surface area (Å²) in [5, 5.41) is 10.4. The first-order valence-electron chi connectivity index (χ1n) is 7.59. The molecule has 1 aromatic carbocycles. The lowest BCUT2D eigenvalue weighted by Gasteiger charge is -2.20. The number of nitrogens with zero attached hydrogens (tertiary/aromatic N) is 3. The molecular weight excluding hydrogens is 306 g/mol. The number of fused-ring (bicyclic) bond motifs is 1. The summed E-state index contributed by atoms with van der Waals surface area (Å²) in [6.07, 6.45) is 0.353. The summed E-state index contributed by atoms with van der Waals surface area (Å²) in [6, 6.07) is 10.3. The van der Waals surface area contributed by atoms with E-state index in [2.05, 4.69) is 19.1 Å². The first-order valence-corrected chi connectivity index (χ1v) is 8.47. The maximum atomic E-state index is 12.3. The molecule has 4 nitrogen and oxygen atoms in total. The fourth-order valence-corrected chi connectivity index (χ4v) is 3.49. The molecule has 0 saturated carbocycles. The SMILES string of the molecule is Cc1cc(S[C@@H](C)C(=O)N(C)CCC#N)nc2c(C)cccc12. The van der Waals surface area contributed by atoms with Gasteiger partial charge in [0.05, 0.1) is 28.3 Å². The molecule has 0 saturated heterocycles. The third kappa shape index (κ3) is 4.02. The molecule has 0 N–H and O–H groups in total. The van der Waals surface area contributed by atoms with Crippen molar-refractivity contribution in [2.24, 2.45) is 0 Å². The number of nitriles is 1. The lowest BCUT2D eigenvalue weighted by molar-refractivity contribution is -0.128. The summed E-state index contributed by atoms with van der Waals surface area (Å²) in [6.45, 7) is 6.46. The minimum absolute atomic E-state index is 0.0228. The zero-order chi connectivity index (χ0) is 17.0. The molecule has 0 aliphatic carbocycles. The van der Waals surface area contributed by atoms with Gasteiger partial charge in [0.15, 0.2) is 0 Å². The Morgan fingerprint density at radius 3 is 2.83 bits per heavy atom. The lowest BCUT2D eigenvalue weighted by atomic mass is 10.1. The highest BCUT2D eigenvalue weighted by molar-refractivity contribution is 8.00. The van der Waals surface area contributed by atoms with Crippen LogP contribution in [0.25, 0.3) is 10.9 Å². The second-order valence-corrected chi connectivity index (χ2v) is 7.04. The molecule has 0 bridgehead atoms. The molecule has 2 aromatic rings. The Kier molecular flexibility index (Phi) is 5.62. The van der Waals surface area contributed by atoms with Crippen LogP contribution >= 0.6 is 11.8 Å². The van der Waals surface area contributed by atoms with Gasteiger partial charge in [-0.05, 0) is 38.0 Å². The summed E-state index contributed by atoms with van der Waals surface area (Å²) in [5.74, 6) is 0.0228. The van der Waals surface area contributed by atoms with E-state index < -0.39 is 0 Å². The van der Waals surface area contributed by atoms with Crippen LogP contribution in [0, 0.1) is 25.2 Å². The van der Waals surface area contributed by atoms with Crippen molar-refractivity contribution in [2.75, 3.05) is 13.6 Å². The summed E-state index contributed by atoms with van der Waals surface area (Å²) >= 11 is 1.47. The first kappa shape index (κ1) is 17.3. The van der Waals surface area contributed by atoms with Gasteiger partial charge >= 0.3 is 0 Å². The number of amides is 1. The minimum atomic E-state index is -0.230. The van der Waals surface area contributed by atoms with E-state index in [1.165, 1.54) is 17.3 Å². The predicted octanol–water partition coefficient (Wildman–Crippen LogP) is 3.70. The Labute approximate surface area is 141 Å². The number of thioether (sulfide) groups is 1. The first-order chi connectivity index (χ1) is 10.9. The fourth-order valence-electron chi connectivity index (χ4n) is 2.46. The number of pyridine rings is 1. The molecule has 120 valence electrons. The molecule has 0 unspecified atom stereocenters. The molecule has 0 radical (unpaired) electrons.